The monoisotopic (exact) mass is 421 g/mol. The van der Waals surface area contributed by atoms with Crippen LogP contribution in [0.2, 0.25) is 0 Å². The summed E-state index contributed by atoms with van der Waals surface area (Å²) in [5.41, 5.74) is 6.03. The molecule has 0 bridgehead atoms. The number of nitrogen functional groups attached to an aromatic ring is 1. The van der Waals surface area contributed by atoms with E-state index in [9.17, 15) is 8.42 Å². The zero-order valence-corrected chi connectivity index (χ0v) is 14.4. The molecule has 3 N–H and O–H groups in total. The van der Waals surface area contributed by atoms with Gasteiger partial charge in [0, 0.05) is 31.2 Å². The Hall–Kier alpha value is -0.490. The fourth-order valence-corrected chi connectivity index (χ4v) is 2.97. The molecule has 0 aliphatic carbocycles. The summed E-state index contributed by atoms with van der Waals surface area (Å²) in [4.78, 5) is 0.0772. The third kappa shape index (κ3) is 5.01. The average Bonchev–Trinajstić information content (AvgIpc) is 2.46. The largest absolute Gasteiger partial charge is 1.00 e. The third-order valence-electron chi connectivity index (χ3n) is 3.01. The predicted octanol–water partition coefficient (Wildman–Crippen LogP) is 0.924. The van der Waals surface area contributed by atoms with Crippen LogP contribution in [0.3, 0.4) is 0 Å². The number of hydrogen-bond donors (Lipinski definition) is 2. The molecule has 1 heterocycles. The quantitative estimate of drug-likeness (QED) is 0.538. The van der Waals surface area contributed by atoms with Crippen molar-refractivity contribution in [3.63, 3.8) is 0 Å². The molecule has 1 fully saturated rings. The summed E-state index contributed by atoms with van der Waals surface area (Å²) >= 11 is 0. The number of nitrogens with two attached hydrogens (primary N) is 1. The van der Waals surface area contributed by atoms with Gasteiger partial charge in [-0.15, -0.1) is 0 Å². The molecule has 0 radical (unpaired) electrons. The fourth-order valence-electron chi connectivity index (χ4n) is 1.90. The fraction of sp³-hybridized carbons (Fsp3) is 0.500. The molecule has 2 rings (SSSR count). The van der Waals surface area contributed by atoms with Crippen molar-refractivity contribution >= 4 is 15.7 Å². The van der Waals surface area contributed by atoms with Gasteiger partial charge in [-0.05, 0) is 30.7 Å². The van der Waals surface area contributed by atoms with Gasteiger partial charge in [0.2, 0.25) is 0 Å². The maximum atomic E-state index is 12.2. The Labute approximate surface area is 145 Å². The van der Waals surface area contributed by atoms with Gasteiger partial charge in [0.15, 0.2) is 0 Å². The molecule has 1 aromatic carbocycles. The molecule has 1 aromatic rings. The van der Waals surface area contributed by atoms with Gasteiger partial charge >= 0.3 is 22.4 Å². The maximum absolute atomic E-state index is 12.2. The van der Waals surface area contributed by atoms with Gasteiger partial charge in [-0.3, -0.25) is 5.32 Å². The molecule has 1 aliphatic rings. The number of hydrogen-bond acceptors (Lipinski definition) is 6. The van der Waals surface area contributed by atoms with Crippen LogP contribution in [0.5, 0.6) is 0 Å². The third-order valence-corrected chi connectivity index (χ3v) is 4.40. The zero-order chi connectivity index (χ0) is 15.5. The van der Waals surface area contributed by atoms with Crippen LogP contribution in [-0.2, 0) is 41.9 Å². The number of rotatable bonds is 5. The number of anilines is 1. The van der Waals surface area contributed by atoms with Crippen LogP contribution >= 0.6 is 0 Å². The van der Waals surface area contributed by atoms with E-state index < -0.39 is 22.5 Å². The summed E-state index contributed by atoms with van der Waals surface area (Å²) < 4.78 is 38.5. The number of sulfonamides is 1. The molecule has 0 spiro atoms. The normalized spacial score (nSPS) is 25.5. The second-order valence-corrected chi connectivity index (χ2v) is 6.13. The Bertz CT molecular complexity index is 557. The van der Waals surface area contributed by atoms with Crippen LogP contribution < -0.4 is 11.1 Å². The van der Waals surface area contributed by atoms with Gasteiger partial charge in [-0.1, -0.05) is 0 Å². The molecule has 0 saturated carbocycles. The van der Waals surface area contributed by atoms with Crippen LogP contribution in [0.4, 0.5) is 5.69 Å². The second-order valence-electron chi connectivity index (χ2n) is 4.49. The van der Waals surface area contributed by atoms with Crippen LogP contribution in [0.1, 0.15) is 6.42 Å². The van der Waals surface area contributed by atoms with Crippen LogP contribution in [0, 0.1) is 0 Å². The topological polar surface area (TPSA) is 119 Å². The van der Waals surface area contributed by atoms with Crippen molar-refractivity contribution in [1.82, 2.24) is 5.32 Å². The SMILES string of the molecule is COC1CC([N-]S(=O)(=O)c2ccc(N)cc2)[N-]C(OC)N1.[Ag+]. The zero-order valence-electron chi connectivity index (χ0n) is 12.1. The molecule has 3 atom stereocenters. The Morgan fingerprint density at radius 2 is 1.91 bits per heavy atom. The van der Waals surface area contributed by atoms with E-state index in [0.29, 0.717) is 12.1 Å². The van der Waals surface area contributed by atoms with E-state index in [0.717, 1.165) is 0 Å². The van der Waals surface area contributed by atoms with E-state index in [4.69, 9.17) is 15.2 Å². The number of nitrogens with zero attached hydrogens (tertiary/aromatic N) is 2. The molecule has 10 heteroatoms. The van der Waals surface area contributed by atoms with Crippen molar-refractivity contribution < 1.29 is 40.3 Å². The van der Waals surface area contributed by atoms with Crippen LogP contribution in [0.15, 0.2) is 29.2 Å². The van der Waals surface area contributed by atoms with E-state index in [-0.39, 0.29) is 33.5 Å². The van der Waals surface area contributed by atoms with E-state index in [1.165, 1.54) is 38.5 Å². The molecule has 0 aromatic heterocycles. The Balaban J connectivity index is 0.00000242. The molecule has 22 heavy (non-hydrogen) atoms. The van der Waals surface area contributed by atoms with E-state index in [1.54, 1.807) is 0 Å². The first-order valence-electron chi connectivity index (χ1n) is 6.29. The second kappa shape index (κ2) is 8.39. The first-order chi connectivity index (χ1) is 9.94. The number of benzene rings is 1. The van der Waals surface area contributed by atoms with Crippen LogP contribution in [0.25, 0.3) is 10.0 Å². The summed E-state index contributed by atoms with van der Waals surface area (Å²) in [7, 11) is -0.825. The summed E-state index contributed by atoms with van der Waals surface area (Å²) in [5, 5.41) is 7.08. The van der Waals surface area contributed by atoms with Gasteiger partial charge < -0.3 is 25.2 Å². The first kappa shape index (κ1) is 19.6. The Morgan fingerprint density at radius 1 is 1.27 bits per heavy atom. The standard InChI is InChI=1S/C12H18N4O4S.Ag/c1-19-11-7-10(14-12(15-11)20-2)16-21(17,18)9-5-3-8(13)4-6-9;/h3-6,10-12,15H,7,13H2,1-2H3;/q-2;+1. The van der Waals surface area contributed by atoms with Crippen molar-refractivity contribution in [2.75, 3.05) is 20.0 Å². The van der Waals surface area contributed by atoms with E-state index >= 15 is 0 Å². The first-order valence-corrected chi connectivity index (χ1v) is 7.73. The number of methoxy groups -OCH3 is 2. The van der Waals surface area contributed by atoms with Crippen molar-refractivity contribution in [1.29, 1.82) is 0 Å². The van der Waals surface area contributed by atoms with Gasteiger partial charge in [0.25, 0.3) is 0 Å². The molecule has 0 amide bonds. The Morgan fingerprint density at radius 3 is 2.45 bits per heavy atom. The van der Waals surface area contributed by atoms with Crippen molar-refractivity contribution in [3.8, 4) is 0 Å². The van der Waals surface area contributed by atoms with Gasteiger partial charge in [0.1, 0.15) is 6.23 Å². The summed E-state index contributed by atoms with van der Waals surface area (Å²) in [6, 6.07) is 5.85. The summed E-state index contributed by atoms with van der Waals surface area (Å²) in [6.45, 7) is 0. The number of nitrogens with one attached hydrogen (secondary N) is 1. The Kier molecular flexibility index (Phi) is 7.46. The van der Waals surface area contributed by atoms with Gasteiger partial charge in [-0.25, -0.2) is 14.6 Å². The molecular formula is C12H18AgN4O4S-. The molecule has 128 valence electrons. The number of ether oxygens (including phenoxy) is 2. The maximum Gasteiger partial charge on any atom is 1.00 e. The molecule has 1 saturated heterocycles. The van der Waals surface area contributed by atoms with Crippen LogP contribution in [-0.4, -0.2) is 41.4 Å². The van der Waals surface area contributed by atoms with Gasteiger partial charge in [-0.2, -0.15) is 0 Å². The van der Waals surface area contributed by atoms with Crippen molar-refractivity contribution in [2.24, 2.45) is 0 Å². The minimum Gasteiger partial charge on any atom is -0.638 e. The van der Waals surface area contributed by atoms with E-state index in [1.807, 2.05) is 0 Å². The molecule has 8 nitrogen and oxygen atoms in total. The summed E-state index contributed by atoms with van der Waals surface area (Å²) in [5.74, 6) is 0. The van der Waals surface area contributed by atoms with E-state index in [2.05, 4.69) is 15.4 Å². The van der Waals surface area contributed by atoms with Crippen molar-refractivity contribution in [2.45, 2.75) is 30.1 Å². The molecular weight excluding hydrogens is 404 g/mol. The molecule has 3 unspecified atom stereocenters. The smallest absolute Gasteiger partial charge is 0.638 e. The van der Waals surface area contributed by atoms with Gasteiger partial charge in [0.05, 0.1) is 10.0 Å². The predicted molar refractivity (Wildman–Crippen MR) is 77.9 cm³/mol. The minimum absolute atomic E-state index is 0. The molecule has 1 aliphatic heterocycles. The van der Waals surface area contributed by atoms with Crippen molar-refractivity contribution in [3.05, 3.63) is 34.3 Å². The average molecular weight is 422 g/mol. The summed E-state index contributed by atoms with van der Waals surface area (Å²) in [6.07, 6.45) is -1.48. The minimum atomic E-state index is -3.80.